The number of amides is 1. The van der Waals surface area contributed by atoms with Crippen molar-refractivity contribution in [1.29, 1.82) is 0 Å². The highest BCUT2D eigenvalue weighted by molar-refractivity contribution is 9.10. The molecule has 1 aromatic rings. The first-order valence-electron chi connectivity index (χ1n) is 4.90. The van der Waals surface area contributed by atoms with Crippen molar-refractivity contribution in [2.45, 2.75) is 6.92 Å². The molecule has 0 spiro atoms. The summed E-state index contributed by atoms with van der Waals surface area (Å²) in [6, 6.07) is 5.22. The zero-order chi connectivity index (χ0) is 12.1. The summed E-state index contributed by atoms with van der Waals surface area (Å²) in [6.07, 6.45) is 0. The first-order valence-corrected chi connectivity index (χ1v) is 7.19. The maximum absolute atomic E-state index is 12.1. The summed E-state index contributed by atoms with van der Waals surface area (Å²) in [4.78, 5) is 13.9. The highest BCUT2D eigenvalue weighted by Gasteiger charge is 2.14. The van der Waals surface area contributed by atoms with Gasteiger partial charge in [0.2, 0.25) is 0 Å². The molecule has 0 bridgehead atoms. The molecule has 0 saturated carbocycles. The second kappa shape index (κ2) is 6.62. The molecule has 0 aliphatic heterocycles. The van der Waals surface area contributed by atoms with Crippen molar-refractivity contribution in [2.75, 3.05) is 18.4 Å². The molecule has 0 aromatic heterocycles. The first kappa shape index (κ1) is 14.0. The van der Waals surface area contributed by atoms with Gasteiger partial charge in [-0.25, -0.2) is 0 Å². The van der Waals surface area contributed by atoms with Crippen molar-refractivity contribution >= 4 is 49.4 Å². The SMILES string of the molecule is CCN(CCBr)C(=O)c1ccc(Cl)c(Br)c1. The van der Waals surface area contributed by atoms with Gasteiger partial charge >= 0.3 is 0 Å². The van der Waals surface area contributed by atoms with Gasteiger partial charge in [0.25, 0.3) is 5.91 Å². The van der Waals surface area contributed by atoms with Gasteiger partial charge in [0.1, 0.15) is 0 Å². The number of nitrogens with zero attached hydrogens (tertiary/aromatic N) is 1. The molecule has 2 nitrogen and oxygen atoms in total. The van der Waals surface area contributed by atoms with Gasteiger partial charge in [-0.2, -0.15) is 0 Å². The van der Waals surface area contributed by atoms with E-state index in [1.165, 1.54) is 0 Å². The number of benzene rings is 1. The fourth-order valence-electron chi connectivity index (χ4n) is 1.32. The van der Waals surface area contributed by atoms with Crippen LogP contribution in [-0.2, 0) is 0 Å². The molecule has 88 valence electrons. The lowest BCUT2D eigenvalue weighted by molar-refractivity contribution is 0.0775. The normalized spacial score (nSPS) is 10.2. The molecule has 0 fully saturated rings. The Balaban J connectivity index is 2.90. The monoisotopic (exact) mass is 367 g/mol. The van der Waals surface area contributed by atoms with E-state index in [2.05, 4.69) is 31.9 Å². The second-order valence-corrected chi connectivity index (χ2v) is 5.26. The van der Waals surface area contributed by atoms with Crippen molar-refractivity contribution in [3.8, 4) is 0 Å². The Kier molecular flexibility index (Phi) is 5.79. The lowest BCUT2D eigenvalue weighted by Gasteiger charge is -2.19. The van der Waals surface area contributed by atoms with Gasteiger partial charge in [0, 0.05) is 28.5 Å². The highest BCUT2D eigenvalue weighted by atomic mass is 79.9. The molecule has 1 rings (SSSR count). The molecule has 0 saturated heterocycles. The van der Waals surface area contributed by atoms with E-state index in [-0.39, 0.29) is 5.91 Å². The smallest absolute Gasteiger partial charge is 0.253 e. The number of halogens is 3. The predicted molar refractivity (Wildman–Crippen MR) is 74.5 cm³/mol. The topological polar surface area (TPSA) is 20.3 Å². The average Bonchev–Trinajstić information content (AvgIpc) is 2.28. The fourth-order valence-corrected chi connectivity index (χ4v) is 2.24. The van der Waals surface area contributed by atoms with E-state index >= 15 is 0 Å². The van der Waals surface area contributed by atoms with Crippen molar-refractivity contribution in [3.05, 3.63) is 33.3 Å². The highest BCUT2D eigenvalue weighted by Crippen LogP contribution is 2.23. The van der Waals surface area contributed by atoms with Gasteiger partial charge in [-0.15, -0.1) is 0 Å². The van der Waals surface area contributed by atoms with Crippen molar-refractivity contribution in [2.24, 2.45) is 0 Å². The number of carbonyl (C=O) groups excluding carboxylic acids is 1. The van der Waals surface area contributed by atoms with Crippen LogP contribution in [-0.4, -0.2) is 29.2 Å². The third-order valence-electron chi connectivity index (χ3n) is 2.19. The van der Waals surface area contributed by atoms with Crippen LogP contribution in [0.25, 0.3) is 0 Å². The molecule has 0 radical (unpaired) electrons. The van der Waals surface area contributed by atoms with E-state index in [0.717, 1.165) is 9.80 Å². The maximum Gasteiger partial charge on any atom is 0.253 e. The standard InChI is InChI=1S/C11H12Br2ClNO/c1-2-15(6-5-12)11(16)8-3-4-10(14)9(13)7-8/h3-4,7H,2,5-6H2,1H3. The van der Waals surface area contributed by atoms with Crippen LogP contribution in [0.1, 0.15) is 17.3 Å². The zero-order valence-corrected chi connectivity index (χ0v) is 12.8. The molecule has 0 N–H and O–H groups in total. The Bertz CT molecular complexity index is 384. The van der Waals surface area contributed by atoms with Gasteiger partial charge in [-0.05, 0) is 41.1 Å². The molecule has 1 aromatic carbocycles. The largest absolute Gasteiger partial charge is 0.338 e. The van der Waals surface area contributed by atoms with Crippen molar-refractivity contribution in [3.63, 3.8) is 0 Å². The number of hydrogen-bond donors (Lipinski definition) is 0. The van der Waals surface area contributed by atoms with E-state index in [1.54, 1.807) is 23.1 Å². The Hall–Kier alpha value is -0.0600. The van der Waals surface area contributed by atoms with Crippen molar-refractivity contribution in [1.82, 2.24) is 4.90 Å². The van der Waals surface area contributed by atoms with E-state index in [0.29, 0.717) is 23.7 Å². The summed E-state index contributed by atoms with van der Waals surface area (Å²) in [5.41, 5.74) is 0.652. The summed E-state index contributed by atoms with van der Waals surface area (Å²) in [6.45, 7) is 3.37. The van der Waals surface area contributed by atoms with Gasteiger partial charge < -0.3 is 4.90 Å². The van der Waals surface area contributed by atoms with E-state index < -0.39 is 0 Å². The molecule has 0 heterocycles. The number of carbonyl (C=O) groups is 1. The minimum Gasteiger partial charge on any atom is -0.338 e. The summed E-state index contributed by atoms with van der Waals surface area (Å²) < 4.78 is 0.745. The summed E-state index contributed by atoms with van der Waals surface area (Å²) >= 11 is 12.5. The van der Waals surface area contributed by atoms with Gasteiger partial charge in [-0.3, -0.25) is 4.79 Å². The quantitative estimate of drug-likeness (QED) is 0.736. The molecule has 0 aliphatic rings. The number of hydrogen-bond acceptors (Lipinski definition) is 1. The van der Waals surface area contributed by atoms with Crippen LogP contribution in [0.15, 0.2) is 22.7 Å². The van der Waals surface area contributed by atoms with Crippen LogP contribution < -0.4 is 0 Å². The number of alkyl halides is 1. The van der Waals surface area contributed by atoms with Crippen LogP contribution in [0.2, 0.25) is 5.02 Å². The van der Waals surface area contributed by atoms with Crippen LogP contribution in [0.4, 0.5) is 0 Å². The third-order valence-corrected chi connectivity index (χ3v) is 3.76. The van der Waals surface area contributed by atoms with Crippen LogP contribution in [0.3, 0.4) is 0 Å². The molecular formula is C11H12Br2ClNO. The van der Waals surface area contributed by atoms with E-state index in [4.69, 9.17) is 11.6 Å². The molecule has 0 unspecified atom stereocenters. The summed E-state index contributed by atoms with van der Waals surface area (Å²) in [5.74, 6) is 0.0271. The van der Waals surface area contributed by atoms with Crippen molar-refractivity contribution < 1.29 is 4.79 Å². The third kappa shape index (κ3) is 3.47. The Labute approximate surface area is 117 Å². The lowest BCUT2D eigenvalue weighted by Crippen LogP contribution is -2.32. The molecule has 5 heteroatoms. The van der Waals surface area contributed by atoms with Gasteiger partial charge in [-0.1, -0.05) is 27.5 Å². The first-order chi connectivity index (χ1) is 7.60. The van der Waals surface area contributed by atoms with Crippen LogP contribution in [0.5, 0.6) is 0 Å². The average molecular weight is 369 g/mol. The Morgan fingerprint density at radius 1 is 1.50 bits per heavy atom. The number of rotatable bonds is 4. The van der Waals surface area contributed by atoms with Gasteiger partial charge in [0.05, 0.1) is 5.02 Å². The van der Waals surface area contributed by atoms with Crippen LogP contribution in [0, 0.1) is 0 Å². The minimum absolute atomic E-state index is 0.0271. The summed E-state index contributed by atoms with van der Waals surface area (Å²) in [7, 11) is 0. The van der Waals surface area contributed by atoms with E-state index in [9.17, 15) is 4.79 Å². The lowest BCUT2D eigenvalue weighted by atomic mass is 10.2. The molecular weight excluding hydrogens is 357 g/mol. The van der Waals surface area contributed by atoms with E-state index in [1.807, 2.05) is 6.92 Å². The fraction of sp³-hybridized carbons (Fsp3) is 0.364. The summed E-state index contributed by atoms with van der Waals surface area (Å²) in [5, 5.41) is 1.39. The maximum atomic E-state index is 12.1. The molecule has 0 atom stereocenters. The Morgan fingerprint density at radius 2 is 2.19 bits per heavy atom. The molecule has 16 heavy (non-hydrogen) atoms. The Morgan fingerprint density at radius 3 is 2.69 bits per heavy atom. The minimum atomic E-state index is 0.0271. The predicted octanol–water partition coefficient (Wildman–Crippen LogP) is 3.96. The zero-order valence-electron chi connectivity index (χ0n) is 8.84. The molecule has 1 amide bonds. The van der Waals surface area contributed by atoms with Crippen LogP contribution >= 0.6 is 43.5 Å². The molecule has 0 aliphatic carbocycles. The van der Waals surface area contributed by atoms with Gasteiger partial charge in [0.15, 0.2) is 0 Å². The second-order valence-electron chi connectivity index (χ2n) is 3.20.